The molecule has 8 heavy (non-hydrogen) atoms. The number of aryl methyl sites for hydroxylation is 2. The fourth-order valence-corrected chi connectivity index (χ4v) is 0.307. The number of hydrogen-bond donors (Lipinski definition) is 0. The van der Waals surface area contributed by atoms with Crippen molar-refractivity contribution in [3.63, 3.8) is 0 Å². The van der Waals surface area contributed by atoms with Gasteiger partial charge in [0.2, 0.25) is 0 Å². The molecule has 0 spiro atoms. The summed E-state index contributed by atoms with van der Waals surface area (Å²) in [5, 5.41) is 3.70. The van der Waals surface area contributed by atoms with Crippen LogP contribution in [0.1, 0.15) is 5.82 Å². The molecule has 0 atom stereocenters. The van der Waals surface area contributed by atoms with Crippen molar-refractivity contribution in [2.45, 2.75) is 6.92 Å². The monoisotopic (exact) mass is 185 g/mol. The maximum absolute atomic E-state index is 3.74. The van der Waals surface area contributed by atoms with Crippen molar-refractivity contribution in [3.05, 3.63) is 12.2 Å². The van der Waals surface area contributed by atoms with Crippen LogP contribution in [0.2, 0.25) is 0 Å². The smallest absolute Gasteiger partial charge is 0.0107 e. The van der Waals surface area contributed by atoms with Gasteiger partial charge in [-0.3, -0.25) is 5.10 Å². The van der Waals surface area contributed by atoms with E-state index in [-0.39, 0.29) is 32.7 Å². The molecule has 0 aromatic carbocycles. The third-order valence-electron chi connectivity index (χ3n) is 0.875. The van der Waals surface area contributed by atoms with Crippen LogP contribution in [-0.4, -0.2) is 14.8 Å². The normalized spacial score (nSPS) is 8.25. The Bertz CT molecular complexity index is 144. The van der Waals surface area contributed by atoms with Crippen LogP contribution in [0.4, 0.5) is 0 Å². The molecule has 3 nitrogen and oxygen atoms in total. The second-order valence-corrected chi connectivity index (χ2v) is 1.38. The summed E-state index contributed by atoms with van der Waals surface area (Å²) in [6.45, 7) is 1.88. The van der Waals surface area contributed by atoms with E-state index in [0.29, 0.717) is 0 Å². The number of rotatable bonds is 0. The number of hydrogen-bond acceptors (Lipinski definition) is 2. The first-order valence-corrected chi connectivity index (χ1v) is 2.04. The van der Waals surface area contributed by atoms with Crippen LogP contribution in [0.15, 0.2) is 0 Å². The Morgan fingerprint density at radius 2 is 2.25 bits per heavy atom. The molecule has 0 amide bonds. The maximum atomic E-state index is 3.74. The van der Waals surface area contributed by atoms with Gasteiger partial charge in [-0.05, 0) is 12.2 Å². The van der Waals surface area contributed by atoms with Gasteiger partial charge >= 0.3 is 0 Å². The van der Waals surface area contributed by atoms with Gasteiger partial charge in [0.15, 0.2) is 0 Å². The molecule has 0 unspecified atom stereocenters. The molecule has 0 aliphatic rings. The van der Waals surface area contributed by atoms with E-state index in [1.165, 1.54) is 0 Å². The van der Waals surface area contributed by atoms with Crippen LogP contribution >= 0.6 is 0 Å². The average Bonchev–Trinajstić information content (AvgIpc) is 1.91. The van der Waals surface area contributed by atoms with Crippen molar-refractivity contribution in [1.82, 2.24) is 14.8 Å². The fraction of sp³-hybridized carbons (Fsp3) is 0.500. The maximum Gasteiger partial charge on any atom is 0.0107 e. The number of aromatic nitrogens is 3. The first-order chi connectivity index (χ1) is 3.30. The molecule has 1 aromatic heterocycles. The van der Waals surface area contributed by atoms with Crippen molar-refractivity contribution in [3.8, 4) is 0 Å². The van der Waals surface area contributed by atoms with Gasteiger partial charge in [0, 0.05) is 39.8 Å². The standard InChI is InChI=1S/C4H6N3.Y/c1-4-5-3-6-7(4)2;/h1-2H3;/q-1;. The molecule has 1 rings (SSSR count). The van der Waals surface area contributed by atoms with Crippen molar-refractivity contribution >= 4 is 0 Å². The molecule has 1 aromatic rings. The zero-order valence-electron chi connectivity index (χ0n) is 4.92. The van der Waals surface area contributed by atoms with Crippen LogP contribution in [0.3, 0.4) is 0 Å². The average molecular weight is 185 g/mol. The van der Waals surface area contributed by atoms with Crippen LogP contribution in [0.5, 0.6) is 0 Å². The van der Waals surface area contributed by atoms with Crippen LogP contribution < -0.4 is 0 Å². The molecule has 0 aliphatic heterocycles. The van der Waals surface area contributed by atoms with Crippen molar-refractivity contribution in [2.75, 3.05) is 0 Å². The summed E-state index contributed by atoms with van der Waals surface area (Å²) in [4.78, 5) is 3.74. The minimum absolute atomic E-state index is 0. The molecule has 4 heteroatoms. The fourth-order valence-electron chi connectivity index (χ4n) is 0.307. The molecular weight excluding hydrogens is 179 g/mol. The van der Waals surface area contributed by atoms with E-state index in [1.807, 2.05) is 14.0 Å². The molecule has 1 radical (unpaired) electrons. The van der Waals surface area contributed by atoms with E-state index in [1.54, 1.807) is 4.68 Å². The Kier molecular flexibility index (Phi) is 3.41. The van der Waals surface area contributed by atoms with Crippen LogP contribution in [-0.2, 0) is 39.8 Å². The van der Waals surface area contributed by atoms with E-state index < -0.39 is 0 Å². The minimum Gasteiger partial charge on any atom is -0.418 e. The Balaban J connectivity index is 0.000000490. The molecule has 0 bridgehead atoms. The summed E-state index contributed by atoms with van der Waals surface area (Å²) in [5.74, 6) is 0.889. The Hall–Kier alpha value is 0.244. The van der Waals surface area contributed by atoms with E-state index >= 15 is 0 Å². The summed E-state index contributed by atoms with van der Waals surface area (Å²) in [6, 6.07) is 0. The molecule has 0 saturated carbocycles. The molecule has 0 saturated heterocycles. The topological polar surface area (TPSA) is 30.7 Å². The third kappa shape index (κ3) is 1.64. The van der Waals surface area contributed by atoms with Gasteiger partial charge in [-0.1, -0.05) is 6.92 Å². The summed E-state index contributed by atoms with van der Waals surface area (Å²) < 4.78 is 1.67. The molecule has 1 heterocycles. The van der Waals surface area contributed by atoms with E-state index in [4.69, 9.17) is 0 Å². The molecule has 0 N–H and O–H groups in total. The molecule has 0 aliphatic carbocycles. The van der Waals surface area contributed by atoms with Crippen molar-refractivity contribution in [1.29, 1.82) is 0 Å². The van der Waals surface area contributed by atoms with Crippen LogP contribution in [0.25, 0.3) is 0 Å². The summed E-state index contributed by atoms with van der Waals surface area (Å²) in [5.41, 5.74) is 0. The second-order valence-electron chi connectivity index (χ2n) is 1.38. The van der Waals surface area contributed by atoms with Gasteiger partial charge in [0.1, 0.15) is 0 Å². The first kappa shape index (κ1) is 8.24. The summed E-state index contributed by atoms with van der Waals surface area (Å²) in [6.07, 6.45) is 2.46. The van der Waals surface area contributed by atoms with Gasteiger partial charge in [-0.15, -0.1) is 0 Å². The largest absolute Gasteiger partial charge is 0.418 e. The SMILES string of the molecule is Cc1n[c-]nn1C.[Y]. The third-order valence-corrected chi connectivity index (χ3v) is 0.875. The van der Waals surface area contributed by atoms with E-state index in [0.717, 1.165) is 5.82 Å². The van der Waals surface area contributed by atoms with Gasteiger partial charge in [0.05, 0.1) is 0 Å². The van der Waals surface area contributed by atoms with E-state index in [9.17, 15) is 0 Å². The quantitative estimate of drug-likeness (QED) is 0.529. The Labute approximate surface area is 73.4 Å². The van der Waals surface area contributed by atoms with Crippen molar-refractivity contribution in [2.24, 2.45) is 7.05 Å². The second kappa shape index (κ2) is 3.31. The summed E-state index contributed by atoms with van der Waals surface area (Å²) in [7, 11) is 1.83. The predicted molar refractivity (Wildman–Crippen MR) is 24.6 cm³/mol. The zero-order valence-corrected chi connectivity index (χ0v) is 7.76. The summed E-state index contributed by atoms with van der Waals surface area (Å²) >= 11 is 0. The van der Waals surface area contributed by atoms with Gasteiger partial charge < -0.3 is 9.67 Å². The molecule has 41 valence electrons. The number of nitrogens with zero attached hydrogens (tertiary/aromatic N) is 3. The van der Waals surface area contributed by atoms with Gasteiger partial charge in [-0.25, -0.2) is 0 Å². The van der Waals surface area contributed by atoms with Crippen LogP contribution in [0, 0.1) is 13.3 Å². The molecular formula is C4H6N3Y-. The van der Waals surface area contributed by atoms with Gasteiger partial charge in [-0.2, -0.15) is 0 Å². The van der Waals surface area contributed by atoms with Crippen molar-refractivity contribution < 1.29 is 32.7 Å². The molecule has 0 fully saturated rings. The first-order valence-electron chi connectivity index (χ1n) is 2.04. The zero-order chi connectivity index (χ0) is 5.28. The Morgan fingerprint density at radius 1 is 1.62 bits per heavy atom. The predicted octanol–water partition coefficient (Wildman–Crippen LogP) is -0.0788. The Morgan fingerprint density at radius 3 is 2.38 bits per heavy atom. The minimum atomic E-state index is 0. The van der Waals surface area contributed by atoms with Gasteiger partial charge in [0.25, 0.3) is 0 Å². The van der Waals surface area contributed by atoms with E-state index in [2.05, 4.69) is 16.4 Å².